The number of thiophene rings is 1. The Morgan fingerprint density at radius 2 is 2.22 bits per heavy atom. The fourth-order valence-electron chi connectivity index (χ4n) is 1.48. The summed E-state index contributed by atoms with van der Waals surface area (Å²) in [6.45, 7) is 2.47. The lowest BCUT2D eigenvalue weighted by Gasteiger charge is -2.10. The first-order chi connectivity index (χ1) is 8.70. The zero-order valence-corrected chi connectivity index (χ0v) is 11.6. The maximum atomic E-state index is 12.0. The molecule has 0 aliphatic rings. The predicted octanol–water partition coefficient (Wildman–Crippen LogP) is 3.69. The highest BCUT2D eigenvalue weighted by Gasteiger charge is 2.11. The Labute approximate surface area is 115 Å². The molecule has 1 aromatic heterocycles. The Balaban J connectivity index is 2.16. The summed E-state index contributed by atoms with van der Waals surface area (Å²) in [7, 11) is 0. The van der Waals surface area contributed by atoms with Crippen molar-refractivity contribution in [2.24, 2.45) is 0 Å². The summed E-state index contributed by atoms with van der Waals surface area (Å²) in [4.78, 5) is 13.4. The largest absolute Gasteiger partial charge is 0.492 e. The van der Waals surface area contributed by atoms with Gasteiger partial charge in [0, 0.05) is 10.3 Å². The topological polar surface area (TPSA) is 38.3 Å². The number of carbonyl (C=O) groups is 1. The van der Waals surface area contributed by atoms with E-state index >= 15 is 0 Å². The van der Waals surface area contributed by atoms with Gasteiger partial charge in [-0.05, 0) is 25.1 Å². The second-order valence-electron chi connectivity index (χ2n) is 3.55. The maximum Gasteiger partial charge on any atom is 0.265 e. The Kier molecular flexibility index (Phi) is 4.28. The molecule has 3 nitrogen and oxygen atoms in total. The number of amides is 1. The number of hydrogen-bond acceptors (Lipinski definition) is 4. The van der Waals surface area contributed by atoms with E-state index in [1.54, 1.807) is 6.07 Å². The standard InChI is InChI=1S/C13H13NO2S2/c1-2-16-11-6-4-3-5-10(11)14-13(15)12-7-9(17)8-18-12/h3-8,17H,2H2,1H3,(H,14,15). The van der Waals surface area contributed by atoms with Gasteiger partial charge in [0.25, 0.3) is 5.91 Å². The minimum Gasteiger partial charge on any atom is -0.492 e. The van der Waals surface area contributed by atoms with Gasteiger partial charge < -0.3 is 10.1 Å². The average molecular weight is 279 g/mol. The lowest BCUT2D eigenvalue weighted by molar-refractivity contribution is 0.103. The molecule has 0 unspecified atom stereocenters. The minimum absolute atomic E-state index is 0.146. The number of carbonyl (C=O) groups excluding carboxylic acids is 1. The molecular formula is C13H13NO2S2. The molecule has 0 fully saturated rings. The minimum atomic E-state index is -0.146. The number of nitrogens with one attached hydrogen (secondary N) is 1. The van der Waals surface area contributed by atoms with Crippen molar-refractivity contribution < 1.29 is 9.53 Å². The number of hydrogen-bond donors (Lipinski definition) is 2. The van der Waals surface area contributed by atoms with E-state index in [2.05, 4.69) is 17.9 Å². The highest BCUT2D eigenvalue weighted by Crippen LogP contribution is 2.25. The smallest absolute Gasteiger partial charge is 0.265 e. The molecule has 0 saturated carbocycles. The zero-order valence-electron chi connectivity index (χ0n) is 9.84. The number of ether oxygens (including phenoxy) is 1. The summed E-state index contributed by atoms with van der Waals surface area (Å²) < 4.78 is 5.45. The highest BCUT2D eigenvalue weighted by molar-refractivity contribution is 7.80. The summed E-state index contributed by atoms with van der Waals surface area (Å²) in [5.41, 5.74) is 0.679. The van der Waals surface area contributed by atoms with Crippen molar-refractivity contribution in [3.05, 3.63) is 40.6 Å². The van der Waals surface area contributed by atoms with Crippen LogP contribution in [0.2, 0.25) is 0 Å². The van der Waals surface area contributed by atoms with Crippen LogP contribution >= 0.6 is 24.0 Å². The van der Waals surface area contributed by atoms with Crippen LogP contribution in [0.5, 0.6) is 5.75 Å². The van der Waals surface area contributed by atoms with Crippen molar-refractivity contribution in [2.75, 3.05) is 11.9 Å². The van der Waals surface area contributed by atoms with Gasteiger partial charge in [-0.2, -0.15) is 0 Å². The van der Waals surface area contributed by atoms with Crippen LogP contribution in [0.15, 0.2) is 40.6 Å². The van der Waals surface area contributed by atoms with Crippen LogP contribution in [0.4, 0.5) is 5.69 Å². The maximum absolute atomic E-state index is 12.0. The fraction of sp³-hybridized carbons (Fsp3) is 0.154. The van der Waals surface area contributed by atoms with E-state index in [1.807, 2.05) is 36.6 Å². The second-order valence-corrected chi connectivity index (χ2v) is 4.98. The molecule has 1 aromatic carbocycles. The molecule has 0 spiro atoms. The Morgan fingerprint density at radius 1 is 1.44 bits per heavy atom. The highest BCUT2D eigenvalue weighted by atomic mass is 32.1. The summed E-state index contributed by atoms with van der Waals surface area (Å²) in [6, 6.07) is 9.12. The van der Waals surface area contributed by atoms with E-state index in [0.29, 0.717) is 22.9 Å². The molecule has 0 saturated heterocycles. The summed E-state index contributed by atoms with van der Waals surface area (Å²) >= 11 is 5.55. The summed E-state index contributed by atoms with van der Waals surface area (Å²) in [6.07, 6.45) is 0. The van der Waals surface area contributed by atoms with Crippen molar-refractivity contribution in [1.82, 2.24) is 0 Å². The Hall–Kier alpha value is -1.46. The monoisotopic (exact) mass is 279 g/mol. The van der Waals surface area contributed by atoms with Gasteiger partial charge in [-0.25, -0.2) is 0 Å². The van der Waals surface area contributed by atoms with Crippen molar-refractivity contribution >= 4 is 35.6 Å². The molecule has 0 aliphatic heterocycles. The first-order valence-electron chi connectivity index (χ1n) is 5.51. The molecule has 0 radical (unpaired) electrons. The number of benzene rings is 1. The van der Waals surface area contributed by atoms with Crippen molar-refractivity contribution in [1.29, 1.82) is 0 Å². The Bertz CT molecular complexity index is 551. The van der Waals surface area contributed by atoms with E-state index in [9.17, 15) is 4.79 Å². The molecule has 2 rings (SSSR count). The number of para-hydroxylation sites is 2. The molecule has 1 amide bonds. The zero-order chi connectivity index (χ0) is 13.0. The van der Waals surface area contributed by atoms with E-state index in [0.717, 1.165) is 4.90 Å². The first kappa shape index (κ1) is 13.0. The SMILES string of the molecule is CCOc1ccccc1NC(=O)c1cc(S)cs1. The number of anilines is 1. The third-order valence-electron chi connectivity index (χ3n) is 2.24. The van der Waals surface area contributed by atoms with Gasteiger partial charge in [-0.1, -0.05) is 12.1 Å². The number of rotatable bonds is 4. The predicted molar refractivity (Wildman–Crippen MR) is 77.1 cm³/mol. The molecule has 94 valence electrons. The summed E-state index contributed by atoms with van der Waals surface area (Å²) in [5.74, 6) is 0.531. The van der Waals surface area contributed by atoms with Crippen LogP contribution in [0.1, 0.15) is 16.6 Å². The molecule has 0 aliphatic carbocycles. The van der Waals surface area contributed by atoms with Crippen molar-refractivity contribution in [3.8, 4) is 5.75 Å². The van der Waals surface area contributed by atoms with Crippen LogP contribution < -0.4 is 10.1 Å². The average Bonchev–Trinajstić information content (AvgIpc) is 2.79. The van der Waals surface area contributed by atoms with Gasteiger partial charge in [0.15, 0.2) is 0 Å². The molecular weight excluding hydrogens is 266 g/mol. The normalized spacial score (nSPS) is 10.1. The van der Waals surface area contributed by atoms with E-state index in [4.69, 9.17) is 4.74 Å². The van der Waals surface area contributed by atoms with Gasteiger partial charge in [-0.3, -0.25) is 4.79 Å². The van der Waals surface area contributed by atoms with Crippen molar-refractivity contribution in [2.45, 2.75) is 11.8 Å². The number of thiol groups is 1. The van der Waals surface area contributed by atoms with Crippen LogP contribution in [0, 0.1) is 0 Å². The molecule has 0 atom stereocenters. The van der Waals surface area contributed by atoms with Crippen LogP contribution in [0.3, 0.4) is 0 Å². The third-order valence-corrected chi connectivity index (χ3v) is 3.61. The lowest BCUT2D eigenvalue weighted by Crippen LogP contribution is -2.11. The van der Waals surface area contributed by atoms with Crippen LogP contribution in [0.25, 0.3) is 0 Å². The second kappa shape index (κ2) is 5.93. The molecule has 5 heteroatoms. The molecule has 0 bridgehead atoms. The molecule has 1 N–H and O–H groups in total. The van der Waals surface area contributed by atoms with Gasteiger partial charge in [0.1, 0.15) is 5.75 Å². The van der Waals surface area contributed by atoms with Gasteiger partial charge in [-0.15, -0.1) is 24.0 Å². The van der Waals surface area contributed by atoms with E-state index < -0.39 is 0 Å². The van der Waals surface area contributed by atoms with E-state index in [1.165, 1.54) is 11.3 Å². The summed E-state index contributed by atoms with van der Waals surface area (Å²) in [5, 5.41) is 4.66. The van der Waals surface area contributed by atoms with Crippen molar-refractivity contribution in [3.63, 3.8) is 0 Å². The first-order valence-corrected chi connectivity index (χ1v) is 6.84. The lowest BCUT2D eigenvalue weighted by atomic mass is 10.3. The third kappa shape index (κ3) is 3.05. The molecule has 2 aromatic rings. The van der Waals surface area contributed by atoms with E-state index in [-0.39, 0.29) is 5.91 Å². The quantitative estimate of drug-likeness (QED) is 0.838. The van der Waals surface area contributed by atoms with Crippen LogP contribution in [-0.4, -0.2) is 12.5 Å². The van der Waals surface area contributed by atoms with Gasteiger partial charge in [0.05, 0.1) is 17.2 Å². The Morgan fingerprint density at radius 3 is 2.89 bits per heavy atom. The van der Waals surface area contributed by atoms with Gasteiger partial charge in [0.2, 0.25) is 0 Å². The molecule has 1 heterocycles. The van der Waals surface area contributed by atoms with Gasteiger partial charge >= 0.3 is 0 Å². The van der Waals surface area contributed by atoms with Crippen LogP contribution in [-0.2, 0) is 0 Å². The molecule has 18 heavy (non-hydrogen) atoms. The fourth-order valence-corrected chi connectivity index (χ4v) is 2.52.